The molecule has 0 aromatic rings. The molecule has 3 saturated heterocycles. The Hall–Kier alpha value is -1.16. The number of esters is 1. The summed E-state index contributed by atoms with van der Waals surface area (Å²) in [6.45, 7) is 4.27. The van der Waals surface area contributed by atoms with E-state index < -0.39 is 24.0 Å². The van der Waals surface area contributed by atoms with Crippen molar-refractivity contribution in [2.45, 2.75) is 122 Å². The number of halogens is 3. The molecule has 0 radical (unpaired) electrons. The Balaban J connectivity index is 1.58. The molecule has 1 saturated carbocycles. The number of carbonyl (C=O) groups is 1. The first-order valence-electron chi connectivity index (χ1n) is 13.7. The van der Waals surface area contributed by atoms with E-state index >= 15 is 0 Å². The number of alkyl halides is 3. The van der Waals surface area contributed by atoms with Gasteiger partial charge in [-0.2, -0.15) is 13.2 Å². The van der Waals surface area contributed by atoms with Gasteiger partial charge in [-0.25, -0.2) is 0 Å². The Kier molecular flexibility index (Phi) is 9.39. The molecule has 3 heterocycles. The van der Waals surface area contributed by atoms with Crippen LogP contribution in [0, 0.1) is 17.3 Å². The van der Waals surface area contributed by atoms with Crippen molar-refractivity contribution < 1.29 is 41.7 Å². The van der Waals surface area contributed by atoms with Crippen molar-refractivity contribution in [3.8, 4) is 0 Å². The van der Waals surface area contributed by atoms with Crippen LogP contribution in [0.2, 0.25) is 0 Å². The van der Waals surface area contributed by atoms with Crippen LogP contribution in [0.5, 0.6) is 0 Å². The first-order chi connectivity index (χ1) is 17.2. The summed E-state index contributed by atoms with van der Waals surface area (Å²) in [6, 6.07) is 0. The molecule has 3 aliphatic heterocycles. The zero-order valence-electron chi connectivity index (χ0n) is 21.5. The fourth-order valence-corrected chi connectivity index (χ4v) is 5.93. The highest BCUT2D eigenvalue weighted by Gasteiger charge is 2.56. The van der Waals surface area contributed by atoms with Crippen LogP contribution in [0.25, 0.3) is 0 Å². The second kappa shape index (κ2) is 12.1. The van der Waals surface area contributed by atoms with Gasteiger partial charge in [-0.3, -0.25) is 4.79 Å². The van der Waals surface area contributed by atoms with Gasteiger partial charge in [0.1, 0.15) is 6.10 Å². The number of unbranched alkanes of at least 4 members (excludes halogenated alkanes) is 1. The molecule has 4 aliphatic rings. The second-order valence-electron chi connectivity index (χ2n) is 10.9. The molecule has 4 rings (SSSR count). The van der Waals surface area contributed by atoms with Crippen LogP contribution in [0.15, 0.2) is 12.2 Å². The first kappa shape index (κ1) is 27.9. The average Bonchev–Trinajstić information content (AvgIpc) is 3.36. The maximum absolute atomic E-state index is 14.5. The summed E-state index contributed by atoms with van der Waals surface area (Å²) in [5.41, 5.74) is -2.07. The summed E-state index contributed by atoms with van der Waals surface area (Å²) >= 11 is 0. The maximum Gasteiger partial charge on any atom is 0.397 e. The molecule has 6 nitrogen and oxygen atoms in total. The van der Waals surface area contributed by atoms with E-state index in [1.165, 1.54) is 6.92 Å². The number of ether oxygens (including phenoxy) is 5. The zero-order valence-corrected chi connectivity index (χ0v) is 21.5. The van der Waals surface area contributed by atoms with Crippen molar-refractivity contribution in [3.05, 3.63) is 12.2 Å². The maximum atomic E-state index is 14.5. The molecule has 4 fully saturated rings. The average molecular weight is 519 g/mol. The molecule has 0 N–H and O–H groups in total. The topological polar surface area (TPSA) is 63.2 Å². The van der Waals surface area contributed by atoms with Crippen LogP contribution < -0.4 is 0 Å². The van der Waals surface area contributed by atoms with Crippen molar-refractivity contribution >= 4 is 5.97 Å². The van der Waals surface area contributed by atoms with Crippen LogP contribution in [-0.4, -0.2) is 56.3 Å². The van der Waals surface area contributed by atoms with Crippen molar-refractivity contribution in [3.63, 3.8) is 0 Å². The minimum Gasteiger partial charge on any atom is -0.462 e. The van der Waals surface area contributed by atoms with Crippen LogP contribution in [-0.2, 0) is 28.5 Å². The van der Waals surface area contributed by atoms with E-state index in [4.69, 9.17) is 23.7 Å². The third kappa shape index (κ3) is 6.45. The minimum absolute atomic E-state index is 0.0388. The summed E-state index contributed by atoms with van der Waals surface area (Å²) in [5.74, 6) is -0.641. The number of fused-ring (bicyclic) bond motifs is 1. The van der Waals surface area contributed by atoms with E-state index in [0.29, 0.717) is 38.9 Å². The quantitative estimate of drug-likeness (QED) is 0.258. The van der Waals surface area contributed by atoms with Gasteiger partial charge in [-0.15, -0.1) is 0 Å². The van der Waals surface area contributed by atoms with Gasteiger partial charge in [0.15, 0.2) is 12.6 Å². The van der Waals surface area contributed by atoms with E-state index in [0.717, 1.165) is 32.1 Å². The zero-order chi connectivity index (χ0) is 25.8. The van der Waals surface area contributed by atoms with E-state index in [2.05, 4.69) is 0 Å². The molecule has 0 aromatic carbocycles. The number of hydrogen-bond acceptors (Lipinski definition) is 6. The van der Waals surface area contributed by atoms with Crippen LogP contribution in [0.3, 0.4) is 0 Å². The third-order valence-electron chi connectivity index (χ3n) is 8.29. The molecule has 3 unspecified atom stereocenters. The van der Waals surface area contributed by atoms with E-state index in [-0.39, 0.29) is 49.1 Å². The van der Waals surface area contributed by atoms with Crippen molar-refractivity contribution in [1.82, 2.24) is 0 Å². The molecule has 0 amide bonds. The van der Waals surface area contributed by atoms with Crippen molar-refractivity contribution in [2.24, 2.45) is 17.3 Å². The lowest BCUT2D eigenvalue weighted by Crippen LogP contribution is -2.47. The molecule has 206 valence electrons. The fourth-order valence-electron chi connectivity index (χ4n) is 5.93. The monoisotopic (exact) mass is 518 g/mol. The van der Waals surface area contributed by atoms with Crippen LogP contribution in [0.1, 0.15) is 84.5 Å². The lowest BCUT2D eigenvalue weighted by Gasteiger charge is -2.40. The standard InChI is InChI=1S/C27H41F3O6/c1-3-4-13-26(2,27(28,29)30)22(36-25-10-6-8-15-33-25)12-11-18-19-16-23(31)34-21(19)17-20(18)35-24-9-5-7-14-32-24/h11-12,18-22,24-25H,3-10,13-17H2,1-2H3/t18-,19-,20-,21+,22+,24?,25?,26?/m0/s1. The number of hydrogen-bond donors (Lipinski definition) is 0. The third-order valence-corrected chi connectivity index (χ3v) is 8.29. The smallest absolute Gasteiger partial charge is 0.397 e. The van der Waals surface area contributed by atoms with Crippen molar-refractivity contribution in [2.75, 3.05) is 13.2 Å². The molecule has 1 aliphatic carbocycles. The minimum atomic E-state index is -4.46. The highest BCUT2D eigenvalue weighted by molar-refractivity contribution is 5.72. The summed E-state index contributed by atoms with van der Waals surface area (Å²) in [7, 11) is 0. The fraction of sp³-hybridized carbons (Fsp3) is 0.889. The normalized spacial score (nSPS) is 36.0. The van der Waals surface area contributed by atoms with Gasteiger partial charge in [0, 0.05) is 31.5 Å². The number of carbonyl (C=O) groups excluding carboxylic acids is 1. The Morgan fingerprint density at radius 3 is 2.39 bits per heavy atom. The first-order valence-corrected chi connectivity index (χ1v) is 13.7. The van der Waals surface area contributed by atoms with E-state index in [9.17, 15) is 18.0 Å². The van der Waals surface area contributed by atoms with Gasteiger partial charge in [0.25, 0.3) is 0 Å². The lowest BCUT2D eigenvalue weighted by molar-refractivity contribution is -0.279. The SMILES string of the molecule is CCCCC(C)([C@@H](C=C[C@H]1[C@@H]2CC(=O)O[C@@H]2C[C@@H]1OC1CCCCO1)OC1CCCCO1)C(F)(F)F. The summed E-state index contributed by atoms with van der Waals surface area (Å²) in [6.07, 6.45) is 3.08. The van der Waals surface area contributed by atoms with Gasteiger partial charge < -0.3 is 23.7 Å². The van der Waals surface area contributed by atoms with E-state index in [1.807, 2.05) is 6.92 Å². The predicted molar refractivity (Wildman–Crippen MR) is 126 cm³/mol. The summed E-state index contributed by atoms with van der Waals surface area (Å²) in [4.78, 5) is 12.0. The van der Waals surface area contributed by atoms with Crippen LogP contribution >= 0.6 is 0 Å². The van der Waals surface area contributed by atoms with Crippen molar-refractivity contribution in [1.29, 1.82) is 0 Å². The molecule has 0 spiro atoms. The van der Waals surface area contributed by atoms with E-state index in [1.54, 1.807) is 12.2 Å². The molecule has 36 heavy (non-hydrogen) atoms. The Morgan fingerprint density at radius 2 is 1.78 bits per heavy atom. The van der Waals surface area contributed by atoms with Gasteiger partial charge >= 0.3 is 12.1 Å². The Labute approximate surface area is 212 Å². The summed E-state index contributed by atoms with van der Waals surface area (Å²) in [5, 5.41) is 0. The van der Waals surface area contributed by atoms with Gasteiger partial charge in [-0.1, -0.05) is 31.9 Å². The number of rotatable bonds is 10. The molecule has 0 bridgehead atoms. The predicted octanol–water partition coefficient (Wildman–Crippen LogP) is 6.08. The lowest BCUT2D eigenvalue weighted by atomic mass is 9.77. The molecule has 0 aromatic heterocycles. The highest BCUT2D eigenvalue weighted by Crippen LogP contribution is 2.49. The van der Waals surface area contributed by atoms with Crippen LogP contribution in [0.4, 0.5) is 13.2 Å². The molecule has 8 atom stereocenters. The molecule has 9 heteroatoms. The largest absolute Gasteiger partial charge is 0.462 e. The highest BCUT2D eigenvalue weighted by atomic mass is 19.4. The Morgan fingerprint density at radius 1 is 1.08 bits per heavy atom. The molecular formula is C27H41F3O6. The van der Waals surface area contributed by atoms with Gasteiger partial charge in [0.05, 0.1) is 24.0 Å². The molecular weight excluding hydrogens is 477 g/mol. The summed E-state index contributed by atoms with van der Waals surface area (Å²) < 4.78 is 72.9. The van der Waals surface area contributed by atoms with Gasteiger partial charge in [0.2, 0.25) is 0 Å². The Bertz CT molecular complexity index is 746. The second-order valence-corrected chi connectivity index (χ2v) is 10.9. The van der Waals surface area contributed by atoms with Gasteiger partial charge in [-0.05, 0) is 51.9 Å².